The van der Waals surface area contributed by atoms with E-state index in [9.17, 15) is 4.79 Å². The summed E-state index contributed by atoms with van der Waals surface area (Å²) in [7, 11) is 0. The van der Waals surface area contributed by atoms with Crippen LogP contribution in [0.5, 0.6) is 0 Å². The summed E-state index contributed by atoms with van der Waals surface area (Å²) in [5.74, 6) is 5.24. The molecule has 0 aliphatic heterocycles. The van der Waals surface area contributed by atoms with E-state index in [0.29, 0.717) is 15.6 Å². The van der Waals surface area contributed by atoms with Crippen LogP contribution in [0.3, 0.4) is 0 Å². The maximum absolute atomic E-state index is 12.3. The number of anilines is 1. The summed E-state index contributed by atoms with van der Waals surface area (Å²) in [5.41, 5.74) is 2.46. The molecule has 0 atom stereocenters. The average molecular weight is 320 g/mol. The number of carbonyl (C=O) groups excluding carboxylic acids is 1. The maximum Gasteiger partial charge on any atom is 0.265 e. The molecule has 0 aliphatic rings. The Bertz CT molecular complexity index is 740. The van der Waals surface area contributed by atoms with Crippen molar-refractivity contribution in [2.24, 2.45) is 0 Å². The molecule has 21 heavy (non-hydrogen) atoms. The minimum Gasteiger partial charge on any atom is -0.384 e. The average Bonchev–Trinajstić information content (AvgIpc) is 2.83. The van der Waals surface area contributed by atoms with Gasteiger partial charge in [0.2, 0.25) is 0 Å². The van der Waals surface area contributed by atoms with Crippen molar-refractivity contribution in [2.75, 3.05) is 11.9 Å². The highest BCUT2D eigenvalue weighted by atomic mass is 35.5. The summed E-state index contributed by atoms with van der Waals surface area (Å²) >= 11 is 7.35. The van der Waals surface area contributed by atoms with Crippen molar-refractivity contribution >= 4 is 34.5 Å². The molecule has 1 amide bonds. The summed E-state index contributed by atoms with van der Waals surface area (Å²) in [6.07, 6.45) is 0. The Hall–Kier alpha value is -1.80. The SMILES string of the molecule is Cc1cc(C(=O)Nc2cccc(Cl)c2C)sc1C#CCO. The van der Waals surface area contributed by atoms with Crippen molar-refractivity contribution in [3.63, 3.8) is 0 Å². The van der Waals surface area contributed by atoms with Gasteiger partial charge in [0.25, 0.3) is 5.91 Å². The molecule has 0 aliphatic carbocycles. The van der Waals surface area contributed by atoms with Crippen molar-refractivity contribution in [2.45, 2.75) is 13.8 Å². The Morgan fingerprint density at radius 2 is 2.19 bits per heavy atom. The monoisotopic (exact) mass is 319 g/mol. The third-order valence-electron chi connectivity index (χ3n) is 2.94. The van der Waals surface area contributed by atoms with Gasteiger partial charge in [0, 0.05) is 10.7 Å². The van der Waals surface area contributed by atoms with Gasteiger partial charge in [-0.1, -0.05) is 29.5 Å². The minimum atomic E-state index is -0.194. The van der Waals surface area contributed by atoms with Gasteiger partial charge in [0.15, 0.2) is 0 Å². The van der Waals surface area contributed by atoms with Crippen molar-refractivity contribution in [1.29, 1.82) is 0 Å². The largest absolute Gasteiger partial charge is 0.384 e. The molecule has 2 N–H and O–H groups in total. The van der Waals surface area contributed by atoms with E-state index in [-0.39, 0.29) is 12.5 Å². The van der Waals surface area contributed by atoms with Gasteiger partial charge in [-0.05, 0) is 43.2 Å². The van der Waals surface area contributed by atoms with Crippen LogP contribution in [0.15, 0.2) is 24.3 Å². The molecular weight excluding hydrogens is 306 g/mol. The number of benzene rings is 1. The second kappa shape index (κ2) is 6.77. The number of rotatable bonds is 2. The highest BCUT2D eigenvalue weighted by molar-refractivity contribution is 7.14. The highest BCUT2D eigenvalue weighted by Crippen LogP contribution is 2.25. The van der Waals surface area contributed by atoms with Crippen LogP contribution in [0.25, 0.3) is 0 Å². The number of aliphatic hydroxyl groups is 1. The second-order valence-electron chi connectivity index (χ2n) is 4.45. The van der Waals surface area contributed by atoms with Crippen LogP contribution in [0, 0.1) is 25.7 Å². The van der Waals surface area contributed by atoms with Gasteiger partial charge < -0.3 is 10.4 Å². The fraction of sp³-hybridized carbons (Fsp3) is 0.188. The molecule has 2 rings (SSSR count). The lowest BCUT2D eigenvalue weighted by molar-refractivity contribution is 0.103. The smallest absolute Gasteiger partial charge is 0.265 e. The summed E-state index contributed by atoms with van der Waals surface area (Å²) < 4.78 is 0. The topological polar surface area (TPSA) is 49.3 Å². The summed E-state index contributed by atoms with van der Waals surface area (Å²) in [6, 6.07) is 7.18. The first-order valence-electron chi connectivity index (χ1n) is 6.29. The lowest BCUT2D eigenvalue weighted by Gasteiger charge is -2.08. The lowest BCUT2D eigenvalue weighted by Crippen LogP contribution is -2.11. The molecular formula is C16H14ClNO2S. The van der Waals surface area contributed by atoms with E-state index in [1.165, 1.54) is 11.3 Å². The van der Waals surface area contributed by atoms with Gasteiger partial charge in [-0.2, -0.15) is 0 Å². The van der Waals surface area contributed by atoms with Gasteiger partial charge in [-0.15, -0.1) is 11.3 Å². The number of nitrogens with one attached hydrogen (secondary N) is 1. The van der Waals surface area contributed by atoms with Crippen LogP contribution >= 0.6 is 22.9 Å². The molecule has 1 heterocycles. The zero-order valence-corrected chi connectivity index (χ0v) is 13.2. The third-order valence-corrected chi connectivity index (χ3v) is 4.50. The Labute approximate surface area is 132 Å². The van der Waals surface area contributed by atoms with Gasteiger partial charge in [-0.3, -0.25) is 4.79 Å². The molecule has 0 unspecified atom stereocenters. The van der Waals surface area contributed by atoms with Crippen molar-refractivity contribution in [3.05, 3.63) is 50.2 Å². The number of amides is 1. The maximum atomic E-state index is 12.3. The summed E-state index contributed by atoms with van der Waals surface area (Å²) in [4.78, 5) is 13.6. The molecule has 108 valence electrons. The molecule has 0 saturated carbocycles. The number of halogens is 1. The zero-order chi connectivity index (χ0) is 15.4. The molecule has 5 heteroatoms. The Balaban J connectivity index is 2.23. The molecule has 0 spiro atoms. The van der Waals surface area contributed by atoms with E-state index in [1.54, 1.807) is 18.2 Å². The van der Waals surface area contributed by atoms with Gasteiger partial charge in [0.05, 0.1) is 9.75 Å². The Morgan fingerprint density at radius 3 is 2.90 bits per heavy atom. The van der Waals surface area contributed by atoms with E-state index >= 15 is 0 Å². The summed E-state index contributed by atoms with van der Waals surface area (Å²) in [6.45, 7) is 3.55. The molecule has 1 aromatic heterocycles. The third kappa shape index (κ3) is 3.64. The van der Waals surface area contributed by atoms with Crippen LogP contribution in [0.2, 0.25) is 5.02 Å². The van der Waals surface area contributed by atoms with Crippen LogP contribution in [-0.2, 0) is 0 Å². The van der Waals surface area contributed by atoms with Gasteiger partial charge in [0.1, 0.15) is 6.61 Å². The number of aliphatic hydroxyl groups excluding tert-OH is 1. The van der Waals surface area contributed by atoms with Crippen LogP contribution in [0.1, 0.15) is 25.7 Å². The first kappa shape index (κ1) is 15.6. The predicted molar refractivity (Wildman–Crippen MR) is 87.2 cm³/mol. The van der Waals surface area contributed by atoms with E-state index in [0.717, 1.165) is 16.0 Å². The van der Waals surface area contributed by atoms with Crippen LogP contribution < -0.4 is 5.32 Å². The van der Waals surface area contributed by atoms with Crippen LogP contribution in [0.4, 0.5) is 5.69 Å². The Morgan fingerprint density at radius 1 is 1.43 bits per heavy atom. The number of aryl methyl sites for hydroxylation is 1. The number of carbonyl (C=O) groups is 1. The number of hydrogen-bond donors (Lipinski definition) is 2. The van der Waals surface area contributed by atoms with Gasteiger partial charge in [-0.25, -0.2) is 0 Å². The van der Waals surface area contributed by atoms with E-state index in [1.807, 2.05) is 19.9 Å². The number of thiophene rings is 1. The first-order chi connectivity index (χ1) is 10.0. The molecule has 0 saturated heterocycles. The Kier molecular flexibility index (Phi) is 5.03. The zero-order valence-electron chi connectivity index (χ0n) is 11.7. The normalized spacial score (nSPS) is 9.90. The lowest BCUT2D eigenvalue weighted by atomic mass is 10.2. The molecule has 0 radical (unpaired) electrons. The highest BCUT2D eigenvalue weighted by Gasteiger charge is 2.13. The fourth-order valence-electron chi connectivity index (χ4n) is 1.76. The van der Waals surface area contributed by atoms with E-state index in [4.69, 9.17) is 16.7 Å². The van der Waals surface area contributed by atoms with Crippen molar-refractivity contribution in [3.8, 4) is 11.8 Å². The molecule has 1 aromatic carbocycles. The van der Waals surface area contributed by atoms with Crippen molar-refractivity contribution in [1.82, 2.24) is 0 Å². The van der Waals surface area contributed by atoms with Gasteiger partial charge >= 0.3 is 0 Å². The predicted octanol–water partition coefficient (Wildman–Crippen LogP) is 3.61. The quantitative estimate of drug-likeness (QED) is 0.831. The molecule has 3 nitrogen and oxygen atoms in total. The standard InChI is InChI=1S/C16H14ClNO2S/c1-10-9-15(21-14(10)7-4-8-19)16(20)18-13-6-3-5-12(17)11(13)2/h3,5-6,9,19H,8H2,1-2H3,(H,18,20). The number of hydrogen-bond acceptors (Lipinski definition) is 3. The van der Waals surface area contributed by atoms with E-state index < -0.39 is 0 Å². The molecule has 2 aromatic rings. The van der Waals surface area contributed by atoms with E-state index in [2.05, 4.69) is 17.2 Å². The fourth-order valence-corrected chi connectivity index (χ4v) is 2.88. The van der Waals surface area contributed by atoms with Crippen LogP contribution in [-0.4, -0.2) is 17.6 Å². The molecule has 0 fully saturated rings. The van der Waals surface area contributed by atoms with Crippen molar-refractivity contribution < 1.29 is 9.90 Å². The summed E-state index contributed by atoms with van der Waals surface area (Å²) in [5, 5.41) is 12.2. The first-order valence-corrected chi connectivity index (χ1v) is 7.49. The minimum absolute atomic E-state index is 0.189. The second-order valence-corrected chi connectivity index (χ2v) is 5.91. The molecule has 0 bridgehead atoms.